The van der Waals surface area contributed by atoms with Crippen LogP contribution in [0.1, 0.15) is 18.4 Å². The highest BCUT2D eigenvalue weighted by Gasteiger charge is 2.09. The second kappa shape index (κ2) is 7.48. The summed E-state index contributed by atoms with van der Waals surface area (Å²) >= 11 is 0. The zero-order valence-corrected chi connectivity index (χ0v) is 12.6. The second-order valence-electron chi connectivity index (χ2n) is 4.99. The molecule has 0 aliphatic carbocycles. The summed E-state index contributed by atoms with van der Waals surface area (Å²) in [5, 5.41) is 0. The predicted molar refractivity (Wildman–Crippen MR) is 85.8 cm³/mol. The predicted octanol–water partition coefficient (Wildman–Crippen LogP) is 3.68. The highest BCUT2D eigenvalue weighted by atomic mass is 16.5. The van der Waals surface area contributed by atoms with Crippen molar-refractivity contribution in [3.05, 3.63) is 60.2 Å². The third-order valence-corrected chi connectivity index (χ3v) is 3.53. The summed E-state index contributed by atoms with van der Waals surface area (Å²) in [4.78, 5) is 13.9. The highest BCUT2D eigenvalue weighted by molar-refractivity contribution is 5.92. The van der Waals surface area contributed by atoms with Gasteiger partial charge in [0, 0.05) is 19.2 Å². The molecule has 0 saturated heterocycles. The Morgan fingerprint density at radius 2 is 1.71 bits per heavy atom. The minimum Gasteiger partial charge on any atom is -0.497 e. The number of aryl methyl sites for hydroxylation is 1. The lowest BCUT2D eigenvalue weighted by Gasteiger charge is -2.17. The number of amides is 1. The molecule has 2 aromatic rings. The quantitative estimate of drug-likeness (QED) is 0.809. The molecule has 3 heteroatoms. The molecule has 0 aliphatic heterocycles. The first-order valence-corrected chi connectivity index (χ1v) is 7.15. The van der Waals surface area contributed by atoms with E-state index in [0.717, 1.165) is 24.3 Å². The van der Waals surface area contributed by atoms with Crippen molar-refractivity contribution < 1.29 is 9.53 Å². The summed E-state index contributed by atoms with van der Waals surface area (Å²) in [6, 6.07) is 17.7. The van der Waals surface area contributed by atoms with Gasteiger partial charge in [-0.15, -0.1) is 0 Å². The Kier molecular flexibility index (Phi) is 5.38. The lowest BCUT2D eigenvalue weighted by atomic mass is 10.1. The molecule has 0 heterocycles. The van der Waals surface area contributed by atoms with Crippen LogP contribution < -0.4 is 9.64 Å². The summed E-state index contributed by atoms with van der Waals surface area (Å²) in [7, 11) is 3.48. The molecule has 0 spiro atoms. The number of hydrogen-bond donors (Lipinski definition) is 0. The van der Waals surface area contributed by atoms with Gasteiger partial charge < -0.3 is 9.64 Å². The van der Waals surface area contributed by atoms with Crippen molar-refractivity contribution in [1.29, 1.82) is 0 Å². The first-order valence-electron chi connectivity index (χ1n) is 7.15. The number of para-hydroxylation sites is 1. The Morgan fingerprint density at radius 1 is 1.05 bits per heavy atom. The number of benzene rings is 2. The van der Waals surface area contributed by atoms with Crippen LogP contribution in [0.15, 0.2) is 54.6 Å². The molecular formula is C18H21NO2. The van der Waals surface area contributed by atoms with Gasteiger partial charge in [-0.2, -0.15) is 0 Å². The van der Waals surface area contributed by atoms with Gasteiger partial charge in [0.25, 0.3) is 0 Å². The van der Waals surface area contributed by atoms with Gasteiger partial charge in [-0.3, -0.25) is 4.79 Å². The van der Waals surface area contributed by atoms with Gasteiger partial charge >= 0.3 is 0 Å². The number of carbonyl (C=O) groups excluding carboxylic acids is 1. The zero-order chi connectivity index (χ0) is 15.1. The van der Waals surface area contributed by atoms with Crippen LogP contribution in [-0.2, 0) is 11.2 Å². The van der Waals surface area contributed by atoms with Crippen LogP contribution in [0.5, 0.6) is 5.75 Å². The maximum Gasteiger partial charge on any atom is 0.226 e. The molecule has 0 aromatic heterocycles. The Bertz CT molecular complexity index is 564. The molecule has 0 radical (unpaired) electrons. The lowest BCUT2D eigenvalue weighted by molar-refractivity contribution is -0.118. The van der Waals surface area contributed by atoms with Crippen molar-refractivity contribution in [1.82, 2.24) is 0 Å². The summed E-state index contributed by atoms with van der Waals surface area (Å²) < 4.78 is 5.13. The van der Waals surface area contributed by atoms with Gasteiger partial charge in [0.05, 0.1) is 7.11 Å². The number of hydrogen-bond acceptors (Lipinski definition) is 2. The molecule has 21 heavy (non-hydrogen) atoms. The largest absolute Gasteiger partial charge is 0.497 e. The van der Waals surface area contributed by atoms with Crippen LogP contribution in [0.3, 0.4) is 0 Å². The molecule has 0 N–H and O–H groups in total. The Morgan fingerprint density at radius 3 is 2.33 bits per heavy atom. The van der Waals surface area contributed by atoms with E-state index in [1.165, 1.54) is 5.56 Å². The van der Waals surface area contributed by atoms with E-state index in [1.807, 2.05) is 61.6 Å². The van der Waals surface area contributed by atoms with Crippen molar-refractivity contribution in [2.75, 3.05) is 19.1 Å². The van der Waals surface area contributed by atoms with E-state index < -0.39 is 0 Å². The number of ether oxygens (including phenoxy) is 1. The molecule has 3 nitrogen and oxygen atoms in total. The van der Waals surface area contributed by atoms with Gasteiger partial charge in [-0.05, 0) is 42.7 Å². The molecule has 0 fully saturated rings. The van der Waals surface area contributed by atoms with Gasteiger partial charge in [-0.25, -0.2) is 0 Å². The third kappa shape index (κ3) is 4.35. The van der Waals surface area contributed by atoms with Crippen molar-refractivity contribution in [2.24, 2.45) is 0 Å². The zero-order valence-electron chi connectivity index (χ0n) is 12.6. The molecular weight excluding hydrogens is 262 g/mol. The number of rotatable bonds is 6. The average molecular weight is 283 g/mol. The SMILES string of the molecule is COc1ccc(CCCC(=O)N(C)c2ccccc2)cc1. The van der Waals surface area contributed by atoms with Crippen molar-refractivity contribution in [3.8, 4) is 5.75 Å². The summed E-state index contributed by atoms with van der Waals surface area (Å²) in [5.41, 5.74) is 2.16. The van der Waals surface area contributed by atoms with Crippen LogP contribution in [0, 0.1) is 0 Å². The number of methoxy groups -OCH3 is 1. The fourth-order valence-corrected chi connectivity index (χ4v) is 2.20. The maximum absolute atomic E-state index is 12.1. The van der Waals surface area contributed by atoms with Gasteiger partial charge in [-0.1, -0.05) is 30.3 Å². The minimum absolute atomic E-state index is 0.148. The second-order valence-corrected chi connectivity index (χ2v) is 4.99. The smallest absolute Gasteiger partial charge is 0.226 e. The van der Waals surface area contributed by atoms with Crippen LogP contribution in [0.4, 0.5) is 5.69 Å². The van der Waals surface area contributed by atoms with E-state index in [9.17, 15) is 4.79 Å². The van der Waals surface area contributed by atoms with Crippen LogP contribution in [0.2, 0.25) is 0 Å². The number of nitrogens with zero attached hydrogens (tertiary/aromatic N) is 1. The molecule has 0 aliphatic rings. The van der Waals surface area contributed by atoms with Gasteiger partial charge in [0.1, 0.15) is 5.75 Å². The summed E-state index contributed by atoms with van der Waals surface area (Å²) in [6.07, 6.45) is 2.30. The van der Waals surface area contributed by atoms with E-state index in [4.69, 9.17) is 4.74 Å². The van der Waals surface area contributed by atoms with Crippen LogP contribution in [0.25, 0.3) is 0 Å². The van der Waals surface area contributed by atoms with E-state index in [2.05, 4.69) is 0 Å². The molecule has 0 saturated carbocycles. The van der Waals surface area contributed by atoms with E-state index in [0.29, 0.717) is 6.42 Å². The topological polar surface area (TPSA) is 29.5 Å². The molecule has 2 aromatic carbocycles. The first-order chi connectivity index (χ1) is 10.2. The summed E-state index contributed by atoms with van der Waals surface area (Å²) in [6.45, 7) is 0. The third-order valence-electron chi connectivity index (χ3n) is 3.53. The monoisotopic (exact) mass is 283 g/mol. The normalized spacial score (nSPS) is 10.2. The minimum atomic E-state index is 0.148. The number of anilines is 1. The van der Waals surface area contributed by atoms with E-state index >= 15 is 0 Å². The molecule has 0 atom stereocenters. The fraction of sp³-hybridized carbons (Fsp3) is 0.278. The van der Waals surface area contributed by atoms with Crippen LogP contribution in [-0.4, -0.2) is 20.1 Å². The van der Waals surface area contributed by atoms with Gasteiger partial charge in [0.15, 0.2) is 0 Å². The van der Waals surface area contributed by atoms with Crippen molar-refractivity contribution >= 4 is 11.6 Å². The standard InChI is InChI=1S/C18H21NO2/c1-19(16-8-4-3-5-9-16)18(20)10-6-7-15-11-13-17(21-2)14-12-15/h3-5,8-9,11-14H,6-7,10H2,1-2H3. The fourth-order valence-electron chi connectivity index (χ4n) is 2.20. The van der Waals surface area contributed by atoms with E-state index in [1.54, 1.807) is 12.0 Å². The first kappa shape index (κ1) is 15.1. The summed E-state index contributed by atoms with van der Waals surface area (Å²) in [5.74, 6) is 1.01. The Labute approximate surface area is 126 Å². The van der Waals surface area contributed by atoms with E-state index in [-0.39, 0.29) is 5.91 Å². The van der Waals surface area contributed by atoms with Crippen LogP contribution >= 0.6 is 0 Å². The average Bonchev–Trinajstić information content (AvgIpc) is 2.55. The Balaban J connectivity index is 1.81. The Hall–Kier alpha value is -2.29. The lowest BCUT2D eigenvalue weighted by Crippen LogP contribution is -2.25. The highest BCUT2D eigenvalue weighted by Crippen LogP contribution is 2.15. The molecule has 1 amide bonds. The van der Waals surface area contributed by atoms with Crippen molar-refractivity contribution in [2.45, 2.75) is 19.3 Å². The van der Waals surface area contributed by atoms with Crippen molar-refractivity contribution in [3.63, 3.8) is 0 Å². The molecule has 2 rings (SSSR count). The molecule has 0 bridgehead atoms. The molecule has 110 valence electrons. The molecule has 0 unspecified atom stereocenters. The maximum atomic E-state index is 12.1. The number of carbonyl (C=O) groups is 1. The van der Waals surface area contributed by atoms with Gasteiger partial charge in [0.2, 0.25) is 5.91 Å².